The largest absolute Gasteiger partial charge is 0.396 e. The second kappa shape index (κ2) is 14.2. The Balaban J connectivity index is 1.63. The molecule has 0 atom stereocenters. The topological polar surface area (TPSA) is 183 Å². The van der Waals surface area contributed by atoms with E-state index in [1.54, 1.807) is 42.5 Å². The van der Waals surface area contributed by atoms with E-state index in [-0.39, 0.29) is 72.3 Å². The number of pyridine rings is 2. The molecule has 2 aromatic heterocycles. The Morgan fingerprint density at radius 3 is 1.34 bits per heavy atom. The zero-order valence-corrected chi connectivity index (χ0v) is 20.4. The summed E-state index contributed by atoms with van der Waals surface area (Å²) >= 11 is 0. The quantitative estimate of drug-likeness (QED) is 0.210. The number of rotatable bonds is 12. The van der Waals surface area contributed by atoms with Crippen molar-refractivity contribution in [3.05, 3.63) is 71.8 Å². The van der Waals surface area contributed by atoms with Crippen LogP contribution in [0.25, 0.3) is 0 Å². The lowest BCUT2D eigenvalue weighted by Gasteiger charge is -2.10. The summed E-state index contributed by atoms with van der Waals surface area (Å²) in [5.41, 5.74) is 0.407. The summed E-state index contributed by atoms with van der Waals surface area (Å²) in [6.07, 6.45) is 0.941. The predicted molar refractivity (Wildman–Crippen MR) is 141 cm³/mol. The summed E-state index contributed by atoms with van der Waals surface area (Å²) in [7, 11) is 0. The highest BCUT2D eigenvalue weighted by Crippen LogP contribution is 2.15. The van der Waals surface area contributed by atoms with Crippen LogP contribution in [0.2, 0.25) is 0 Å². The average Bonchev–Trinajstić information content (AvgIpc) is 2.91. The third kappa shape index (κ3) is 8.76. The molecule has 0 aliphatic rings. The molecule has 2 heterocycles. The molecule has 38 heavy (non-hydrogen) atoms. The molecular weight excluding hydrogens is 492 g/mol. The van der Waals surface area contributed by atoms with Crippen molar-refractivity contribution >= 4 is 46.9 Å². The highest BCUT2D eigenvalue weighted by Gasteiger charge is 2.13. The Morgan fingerprint density at radius 1 is 0.579 bits per heavy atom. The van der Waals surface area contributed by atoms with Crippen LogP contribution in [-0.4, -0.2) is 57.0 Å². The van der Waals surface area contributed by atoms with Gasteiger partial charge >= 0.3 is 0 Å². The minimum absolute atomic E-state index is 0.0960. The molecule has 12 nitrogen and oxygen atoms in total. The zero-order valence-electron chi connectivity index (χ0n) is 20.4. The van der Waals surface area contributed by atoms with E-state index >= 15 is 0 Å². The van der Waals surface area contributed by atoms with Gasteiger partial charge in [-0.3, -0.25) is 19.2 Å². The summed E-state index contributed by atoms with van der Waals surface area (Å²) in [6.45, 7) is -0.192. The molecule has 0 radical (unpaired) electrons. The number of anilines is 4. The van der Waals surface area contributed by atoms with E-state index in [1.807, 2.05) is 0 Å². The maximum Gasteiger partial charge on any atom is 0.256 e. The molecule has 12 heteroatoms. The van der Waals surface area contributed by atoms with Gasteiger partial charge in [0.05, 0.1) is 0 Å². The Morgan fingerprint density at radius 2 is 0.947 bits per heavy atom. The van der Waals surface area contributed by atoms with Crippen LogP contribution in [-0.2, 0) is 9.59 Å². The van der Waals surface area contributed by atoms with Gasteiger partial charge in [0.2, 0.25) is 11.8 Å². The van der Waals surface area contributed by atoms with Crippen molar-refractivity contribution in [3.63, 3.8) is 0 Å². The number of nitrogens with zero attached hydrogens (tertiary/aromatic N) is 2. The van der Waals surface area contributed by atoms with Gasteiger partial charge in [-0.1, -0.05) is 18.2 Å². The number of aromatic nitrogens is 2. The third-order valence-corrected chi connectivity index (χ3v) is 5.03. The van der Waals surface area contributed by atoms with Crippen LogP contribution in [0.15, 0.2) is 60.7 Å². The SMILES string of the molecule is O=C(CCCO)Nc1cccc(NC(=O)c2cccc(C(=O)Nc3cccc(NC(=O)CCCO)n3)c2)n1. The fourth-order valence-electron chi connectivity index (χ4n) is 3.22. The molecule has 0 spiro atoms. The van der Waals surface area contributed by atoms with E-state index in [9.17, 15) is 19.2 Å². The van der Waals surface area contributed by atoms with Gasteiger partial charge in [-0.2, -0.15) is 0 Å². The second-order valence-corrected chi connectivity index (χ2v) is 8.06. The van der Waals surface area contributed by atoms with E-state index in [0.717, 1.165) is 0 Å². The first kappa shape index (κ1) is 27.9. The molecular formula is C26H28N6O6. The van der Waals surface area contributed by atoms with Gasteiger partial charge in [0.1, 0.15) is 23.3 Å². The maximum absolute atomic E-state index is 12.8. The highest BCUT2D eigenvalue weighted by atomic mass is 16.3. The summed E-state index contributed by atoms with van der Waals surface area (Å²) in [5, 5.41) is 28.1. The van der Waals surface area contributed by atoms with E-state index in [2.05, 4.69) is 31.2 Å². The molecule has 0 aliphatic heterocycles. The fourth-order valence-corrected chi connectivity index (χ4v) is 3.22. The van der Waals surface area contributed by atoms with Gasteiger partial charge in [0.25, 0.3) is 11.8 Å². The lowest BCUT2D eigenvalue weighted by Crippen LogP contribution is -2.18. The van der Waals surface area contributed by atoms with E-state index in [1.165, 1.54) is 18.2 Å². The molecule has 0 unspecified atom stereocenters. The monoisotopic (exact) mass is 520 g/mol. The van der Waals surface area contributed by atoms with Crippen LogP contribution in [0.4, 0.5) is 23.3 Å². The number of carbonyl (C=O) groups excluding carboxylic acids is 4. The molecule has 1 aromatic carbocycles. The van der Waals surface area contributed by atoms with Gasteiger partial charge in [0, 0.05) is 37.2 Å². The number of aliphatic hydroxyl groups is 2. The van der Waals surface area contributed by atoms with Gasteiger partial charge < -0.3 is 31.5 Å². The van der Waals surface area contributed by atoms with Crippen LogP contribution >= 0.6 is 0 Å². The number of aliphatic hydroxyl groups excluding tert-OH is 2. The number of carbonyl (C=O) groups is 4. The molecule has 0 aliphatic carbocycles. The van der Waals surface area contributed by atoms with Gasteiger partial charge in [0.15, 0.2) is 0 Å². The van der Waals surface area contributed by atoms with Crippen molar-refractivity contribution < 1.29 is 29.4 Å². The van der Waals surface area contributed by atoms with Gasteiger partial charge in [-0.05, 0) is 55.3 Å². The molecule has 3 aromatic rings. The minimum atomic E-state index is -0.512. The predicted octanol–water partition coefficient (Wildman–Crippen LogP) is 2.40. The Bertz CT molecular complexity index is 1200. The van der Waals surface area contributed by atoms with Crippen molar-refractivity contribution in [1.29, 1.82) is 0 Å². The summed E-state index contributed by atoms with van der Waals surface area (Å²) in [5.74, 6) is -0.742. The second-order valence-electron chi connectivity index (χ2n) is 8.06. The fraction of sp³-hybridized carbons (Fsp3) is 0.231. The first-order chi connectivity index (χ1) is 18.4. The summed E-state index contributed by atoms with van der Waals surface area (Å²) < 4.78 is 0. The average molecular weight is 521 g/mol. The molecule has 6 N–H and O–H groups in total. The minimum Gasteiger partial charge on any atom is -0.396 e. The maximum atomic E-state index is 12.8. The molecule has 4 amide bonds. The highest BCUT2D eigenvalue weighted by molar-refractivity contribution is 6.08. The molecule has 0 bridgehead atoms. The van der Waals surface area contributed by atoms with Crippen molar-refractivity contribution in [2.45, 2.75) is 25.7 Å². The zero-order chi connectivity index (χ0) is 27.3. The van der Waals surface area contributed by atoms with E-state index < -0.39 is 11.8 Å². The van der Waals surface area contributed by atoms with Crippen molar-refractivity contribution in [2.75, 3.05) is 34.5 Å². The van der Waals surface area contributed by atoms with Crippen molar-refractivity contribution in [1.82, 2.24) is 9.97 Å². The summed E-state index contributed by atoms with van der Waals surface area (Å²) in [4.78, 5) is 57.6. The standard InChI is InChI=1S/C26H28N6O6/c33-14-4-12-23(35)29-19-8-2-10-21(27-19)31-25(37)17-6-1-7-18(16-17)26(38)32-22-11-3-9-20(28-22)30-24(36)13-5-15-34/h1-3,6-11,16,33-34H,4-5,12-15H2,(H2,27,29,31,35,37)(H2,28,30,32,36,38). The molecule has 3 rings (SSSR count). The lowest BCUT2D eigenvalue weighted by atomic mass is 10.1. The van der Waals surface area contributed by atoms with E-state index in [0.29, 0.717) is 12.8 Å². The Kier molecular flexibility index (Phi) is 10.4. The Labute approximate surface area is 218 Å². The van der Waals surface area contributed by atoms with Crippen LogP contribution in [0.1, 0.15) is 46.4 Å². The number of benzene rings is 1. The number of hydrogen-bond acceptors (Lipinski definition) is 8. The summed E-state index contributed by atoms with van der Waals surface area (Å²) in [6, 6.07) is 15.5. The first-order valence-corrected chi connectivity index (χ1v) is 11.9. The Hall–Kier alpha value is -4.68. The first-order valence-electron chi connectivity index (χ1n) is 11.9. The van der Waals surface area contributed by atoms with Crippen molar-refractivity contribution in [3.8, 4) is 0 Å². The molecule has 0 fully saturated rings. The van der Waals surface area contributed by atoms with Crippen LogP contribution < -0.4 is 21.3 Å². The number of nitrogens with one attached hydrogen (secondary N) is 4. The molecule has 0 saturated heterocycles. The van der Waals surface area contributed by atoms with Crippen molar-refractivity contribution in [2.24, 2.45) is 0 Å². The molecule has 198 valence electrons. The van der Waals surface area contributed by atoms with Crippen LogP contribution in [0.5, 0.6) is 0 Å². The normalized spacial score (nSPS) is 10.4. The van der Waals surface area contributed by atoms with Crippen LogP contribution in [0.3, 0.4) is 0 Å². The smallest absolute Gasteiger partial charge is 0.256 e. The van der Waals surface area contributed by atoms with E-state index in [4.69, 9.17) is 10.2 Å². The van der Waals surface area contributed by atoms with Gasteiger partial charge in [-0.15, -0.1) is 0 Å². The lowest BCUT2D eigenvalue weighted by molar-refractivity contribution is -0.117. The van der Waals surface area contributed by atoms with Crippen LogP contribution in [0, 0.1) is 0 Å². The third-order valence-electron chi connectivity index (χ3n) is 5.03. The molecule has 0 saturated carbocycles. The number of hydrogen-bond donors (Lipinski definition) is 6. The van der Waals surface area contributed by atoms with Gasteiger partial charge in [-0.25, -0.2) is 9.97 Å². The number of amides is 4.